The van der Waals surface area contributed by atoms with Crippen LogP contribution >= 0.6 is 0 Å². The first-order valence-corrected chi connectivity index (χ1v) is 11.2. The van der Waals surface area contributed by atoms with E-state index in [9.17, 15) is 13.6 Å². The molecular formula is C24H30F2N4O. The van der Waals surface area contributed by atoms with Crippen LogP contribution in [0.15, 0.2) is 42.6 Å². The molecule has 0 saturated carbocycles. The Morgan fingerprint density at radius 2 is 1.90 bits per heavy atom. The molecule has 2 saturated heterocycles. The number of likely N-dealkylation sites (tertiary alicyclic amines) is 1. The third-order valence-electron chi connectivity index (χ3n) is 6.38. The summed E-state index contributed by atoms with van der Waals surface area (Å²) in [6.07, 6.45) is 5.31. The number of halogens is 2. The van der Waals surface area contributed by atoms with Gasteiger partial charge < -0.3 is 9.80 Å². The summed E-state index contributed by atoms with van der Waals surface area (Å²) < 4.78 is 27.4. The van der Waals surface area contributed by atoms with Gasteiger partial charge in [0.2, 0.25) is 5.91 Å². The second kappa shape index (κ2) is 10.2. The van der Waals surface area contributed by atoms with Gasteiger partial charge in [0.25, 0.3) is 0 Å². The van der Waals surface area contributed by atoms with Crippen molar-refractivity contribution in [2.24, 2.45) is 5.92 Å². The topological polar surface area (TPSA) is 39.7 Å². The molecule has 3 heterocycles. The van der Waals surface area contributed by atoms with Crippen LogP contribution in [0.2, 0.25) is 0 Å². The van der Waals surface area contributed by atoms with Gasteiger partial charge in [-0.2, -0.15) is 0 Å². The van der Waals surface area contributed by atoms with Crippen molar-refractivity contribution in [3.05, 3.63) is 59.8 Å². The summed E-state index contributed by atoms with van der Waals surface area (Å²) in [7, 11) is 0. The van der Waals surface area contributed by atoms with Crippen molar-refractivity contribution in [2.75, 3.05) is 44.2 Å². The van der Waals surface area contributed by atoms with Crippen LogP contribution in [-0.4, -0.2) is 60.0 Å². The van der Waals surface area contributed by atoms with Gasteiger partial charge in [-0.25, -0.2) is 13.8 Å². The van der Waals surface area contributed by atoms with E-state index in [0.717, 1.165) is 70.4 Å². The molecule has 2 aliphatic heterocycles. The van der Waals surface area contributed by atoms with Gasteiger partial charge >= 0.3 is 0 Å². The summed E-state index contributed by atoms with van der Waals surface area (Å²) in [5, 5.41) is 0. The van der Waals surface area contributed by atoms with Crippen LogP contribution < -0.4 is 4.90 Å². The van der Waals surface area contributed by atoms with Gasteiger partial charge in [-0.3, -0.25) is 9.69 Å². The van der Waals surface area contributed by atoms with Gasteiger partial charge in [-0.15, -0.1) is 0 Å². The first-order chi connectivity index (χ1) is 15.1. The molecule has 5 nitrogen and oxygen atoms in total. The molecular weight excluding hydrogens is 398 g/mol. The second-order valence-corrected chi connectivity index (χ2v) is 8.57. The fraction of sp³-hybridized carbons (Fsp3) is 0.500. The van der Waals surface area contributed by atoms with Gasteiger partial charge in [0, 0.05) is 57.4 Å². The molecule has 0 unspecified atom stereocenters. The Labute approximate surface area is 182 Å². The molecule has 0 radical (unpaired) electrons. The van der Waals surface area contributed by atoms with Crippen LogP contribution in [0.5, 0.6) is 0 Å². The summed E-state index contributed by atoms with van der Waals surface area (Å²) in [5.74, 6) is 0.840. The lowest BCUT2D eigenvalue weighted by Crippen LogP contribution is -2.49. The van der Waals surface area contributed by atoms with E-state index in [1.165, 1.54) is 12.1 Å². The van der Waals surface area contributed by atoms with Gasteiger partial charge in [0.05, 0.1) is 0 Å². The summed E-state index contributed by atoms with van der Waals surface area (Å²) in [6, 6.07) is 9.52. The van der Waals surface area contributed by atoms with Crippen molar-refractivity contribution in [1.82, 2.24) is 14.8 Å². The molecule has 4 rings (SSSR count). The lowest BCUT2D eigenvalue weighted by atomic mass is 9.92. The van der Waals surface area contributed by atoms with Crippen LogP contribution in [0, 0.1) is 17.6 Å². The van der Waals surface area contributed by atoms with E-state index >= 15 is 0 Å². The number of hydrogen-bond acceptors (Lipinski definition) is 4. The number of amides is 1. The van der Waals surface area contributed by atoms with E-state index in [1.54, 1.807) is 6.20 Å². The van der Waals surface area contributed by atoms with Crippen molar-refractivity contribution in [3.8, 4) is 0 Å². The Balaban J connectivity index is 1.22. The van der Waals surface area contributed by atoms with Crippen molar-refractivity contribution in [1.29, 1.82) is 0 Å². The number of anilines is 1. The molecule has 2 fully saturated rings. The Morgan fingerprint density at radius 1 is 1.06 bits per heavy atom. The number of carbonyl (C=O) groups excluding carboxylic acids is 1. The molecule has 0 aliphatic carbocycles. The third kappa shape index (κ3) is 5.79. The zero-order valence-electron chi connectivity index (χ0n) is 17.9. The maximum atomic E-state index is 14.0. The fourth-order valence-corrected chi connectivity index (χ4v) is 4.65. The average molecular weight is 429 g/mol. The molecule has 0 spiro atoms. The lowest BCUT2D eigenvalue weighted by molar-refractivity contribution is -0.131. The van der Waals surface area contributed by atoms with E-state index in [-0.39, 0.29) is 11.7 Å². The zero-order chi connectivity index (χ0) is 21.6. The predicted octanol–water partition coefficient (Wildman–Crippen LogP) is 3.70. The van der Waals surface area contributed by atoms with E-state index in [4.69, 9.17) is 0 Å². The summed E-state index contributed by atoms with van der Waals surface area (Å²) in [6.45, 7) is 5.20. The summed E-state index contributed by atoms with van der Waals surface area (Å²) >= 11 is 0. The minimum atomic E-state index is -0.404. The average Bonchev–Trinajstić information content (AvgIpc) is 2.81. The zero-order valence-corrected chi connectivity index (χ0v) is 17.9. The van der Waals surface area contributed by atoms with Crippen LogP contribution in [0.4, 0.5) is 14.6 Å². The van der Waals surface area contributed by atoms with Crippen molar-refractivity contribution < 1.29 is 13.6 Å². The minimum absolute atomic E-state index is 0.217. The number of piperidine rings is 1. The summed E-state index contributed by atoms with van der Waals surface area (Å²) in [4.78, 5) is 23.5. The maximum Gasteiger partial charge on any atom is 0.222 e. The molecule has 1 aromatic heterocycles. The molecule has 0 N–H and O–H groups in total. The Hall–Kier alpha value is -2.54. The Bertz CT molecular complexity index is 871. The van der Waals surface area contributed by atoms with Crippen LogP contribution in [0.25, 0.3) is 0 Å². The number of piperazine rings is 1. The van der Waals surface area contributed by atoms with E-state index in [1.807, 2.05) is 23.1 Å². The highest BCUT2D eigenvalue weighted by Gasteiger charge is 2.25. The largest absolute Gasteiger partial charge is 0.353 e. The number of rotatable bonds is 6. The van der Waals surface area contributed by atoms with E-state index in [0.29, 0.717) is 24.4 Å². The molecule has 7 heteroatoms. The highest BCUT2D eigenvalue weighted by molar-refractivity contribution is 5.76. The van der Waals surface area contributed by atoms with Gasteiger partial charge in [0.15, 0.2) is 0 Å². The Kier molecular flexibility index (Phi) is 7.12. The number of pyridine rings is 1. The smallest absolute Gasteiger partial charge is 0.222 e. The van der Waals surface area contributed by atoms with Gasteiger partial charge in [0.1, 0.15) is 17.5 Å². The monoisotopic (exact) mass is 428 g/mol. The summed E-state index contributed by atoms with van der Waals surface area (Å²) in [5.41, 5.74) is 0.405. The molecule has 166 valence electrons. The van der Waals surface area contributed by atoms with Crippen molar-refractivity contribution >= 4 is 11.7 Å². The maximum absolute atomic E-state index is 14.0. The number of carbonyl (C=O) groups is 1. The van der Waals surface area contributed by atoms with Crippen LogP contribution in [0.1, 0.15) is 31.2 Å². The molecule has 0 bridgehead atoms. The van der Waals surface area contributed by atoms with E-state index in [2.05, 4.69) is 14.8 Å². The SMILES string of the molecule is O=C(CC[C@@H]1CCCN(Cc2cc(F)ccc2F)C1)N1CCN(c2ccccn2)CC1. The first kappa shape index (κ1) is 21.7. The molecule has 2 aliphatic rings. The minimum Gasteiger partial charge on any atom is -0.353 e. The fourth-order valence-electron chi connectivity index (χ4n) is 4.65. The molecule has 2 aromatic rings. The van der Waals surface area contributed by atoms with Gasteiger partial charge in [-0.05, 0) is 62.1 Å². The first-order valence-electron chi connectivity index (χ1n) is 11.2. The molecule has 1 amide bonds. The quantitative estimate of drug-likeness (QED) is 0.704. The van der Waals surface area contributed by atoms with Gasteiger partial charge in [-0.1, -0.05) is 6.07 Å². The lowest BCUT2D eigenvalue weighted by Gasteiger charge is -2.36. The molecule has 31 heavy (non-hydrogen) atoms. The highest BCUT2D eigenvalue weighted by atomic mass is 19.1. The highest BCUT2D eigenvalue weighted by Crippen LogP contribution is 2.24. The number of hydrogen-bond donors (Lipinski definition) is 0. The van der Waals surface area contributed by atoms with Crippen molar-refractivity contribution in [3.63, 3.8) is 0 Å². The molecule has 1 atom stereocenters. The van der Waals surface area contributed by atoms with Crippen LogP contribution in [-0.2, 0) is 11.3 Å². The third-order valence-corrected chi connectivity index (χ3v) is 6.38. The second-order valence-electron chi connectivity index (χ2n) is 8.57. The van der Waals surface area contributed by atoms with Crippen LogP contribution in [0.3, 0.4) is 0 Å². The number of nitrogens with zero attached hydrogens (tertiary/aromatic N) is 4. The Morgan fingerprint density at radius 3 is 2.68 bits per heavy atom. The number of benzene rings is 1. The van der Waals surface area contributed by atoms with Crippen molar-refractivity contribution in [2.45, 2.75) is 32.2 Å². The van der Waals surface area contributed by atoms with E-state index < -0.39 is 5.82 Å². The standard InChI is InChI=1S/C24H30F2N4O/c25-21-7-8-22(26)20(16-21)18-28-11-3-4-19(17-28)6-9-24(31)30-14-12-29(13-15-30)23-5-1-2-10-27-23/h1-2,5,7-8,10,16,19H,3-4,6,9,11-15,17-18H2/t19-/m0/s1. The molecule has 1 aromatic carbocycles. The number of aromatic nitrogens is 1. The normalized spacial score (nSPS) is 20.1. The predicted molar refractivity (Wildman–Crippen MR) is 117 cm³/mol.